The SMILES string of the molecule is CC(=O)NCCCCC(C=O)N1CCOCC1. The number of rotatable bonds is 7. The van der Waals surface area contributed by atoms with Gasteiger partial charge >= 0.3 is 0 Å². The summed E-state index contributed by atoms with van der Waals surface area (Å²) >= 11 is 0. The van der Waals surface area contributed by atoms with Crippen LogP contribution in [0.25, 0.3) is 0 Å². The Bertz CT molecular complexity index is 240. The lowest BCUT2D eigenvalue weighted by Crippen LogP contribution is -2.44. The fourth-order valence-corrected chi connectivity index (χ4v) is 1.99. The van der Waals surface area contributed by atoms with Gasteiger partial charge in [0.05, 0.1) is 19.3 Å². The fraction of sp³-hybridized carbons (Fsp3) is 0.833. The predicted molar refractivity (Wildman–Crippen MR) is 64.8 cm³/mol. The molecule has 0 spiro atoms. The molecule has 5 heteroatoms. The number of unbranched alkanes of at least 4 members (excludes halogenated alkanes) is 1. The maximum absolute atomic E-state index is 11.0. The molecule has 98 valence electrons. The molecule has 0 saturated carbocycles. The summed E-state index contributed by atoms with van der Waals surface area (Å²) in [6.45, 7) is 5.34. The van der Waals surface area contributed by atoms with Crippen molar-refractivity contribution in [2.75, 3.05) is 32.8 Å². The summed E-state index contributed by atoms with van der Waals surface area (Å²) in [4.78, 5) is 23.9. The van der Waals surface area contributed by atoms with Crippen molar-refractivity contribution < 1.29 is 14.3 Å². The standard InChI is InChI=1S/C12H22N2O3/c1-11(16)13-5-3-2-4-12(10-15)14-6-8-17-9-7-14/h10,12H,2-9H2,1H3,(H,13,16). The zero-order valence-corrected chi connectivity index (χ0v) is 10.5. The van der Waals surface area contributed by atoms with Gasteiger partial charge in [-0.25, -0.2) is 0 Å². The number of ether oxygens (including phenoxy) is 1. The summed E-state index contributed by atoms with van der Waals surface area (Å²) in [7, 11) is 0. The molecule has 5 nitrogen and oxygen atoms in total. The monoisotopic (exact) mass is 242 g/mol. The minimum atomic E-state index is 0.00474. The van der Waals surface area contributed by atoms with Gasteiger partial charge in [0, 0.05) is 26.6 Å². The zero-order valence-electron chi connectivity index (χ0n) is 10.5. The van der Waals surface area contributed by atoms with E-state index >= 15 is 0 Å². The van der Waals surface area contributed by atoms with E-state index in [-0.39, 0.29) is 11.9 Å². The maximum atomic E-state index is 11.0. The lowest BCUT2D eigenvalue weighted by atomic mass is 10.1. The summed E-state index contributed by atoms with van der Waals surface area (Å²) in [5.74, 6) is 0.00474. The van der Waals surface area contributed by atoms with Crippen LogP contribution in [0.4, 0.5) is 0 Å². The lowest BCUT2D eigenvalue weighted by molar-refractivity contribution is -0.119. The number of carbonyl (C=O) groups is 2. The predicted octanol–water partition coefficient (Wildman–Crippen LogP) is 0.193. The number of aldehydes is 1. The lowest BCUT2D eigenvalue weighted by Gasteiger charge is -2.31. The molecule has 0 aromatic rings. The number of hydrogen-bond donors (Lipinski definition) is 1. The molecule has 1 N–H and O–H groups in total. The second-order valence-corrected chi connectivity index (χ2v) is 4.33. The van der Waals surface area contributed by atoms with Crippen molar-refractivity contribution in [3.8, 4) is 0 Å². The number of amides is 1. The van der Waals surface area contributed by atoms with Crippen molar-refractivity contribution in [2.45, 2.75) is 32.2 Å². The van der Waals surface area contributed by atoms with Gasteiger partial charge in [-0.1, -0.05) is 0 Å². The van der Waals surface area contributed by atoms with E-state index in [0.717, 1.165) is 51.9 Å². The van der Waals surface area contributed by atoms with Gasteiger partial charge in [0.25, 0.3) is 0 Å². The average molecular weight is 242 g/mol. The molecule has 1 amide bonds. The minimum Gasteiger partial charge on any atom is -0.379 e. The highest BCUT2D eigenvalue weighted by Crippen LogP contribution is 2.09. The van der Waals surface area contributed by atoms with Crippen LogP contribution in [0.3, 0.4) is 0 Å². The van der Waals surface area contributed by atoms with Crippen LogP contribution in [0, 0.1) is 0 Å². The van der Waals surface area contributed by atoms with Crippen molar-refractivity contribution in [1.82, 2.24) is 10.2 Å². The van der Waals surface area contributed by atoms with E-state index in [2.05, 4.69) is 10.2 Å². The number of hydrogen-bond acceptors (Lipinski definition) is 4. The highest BCUT2D eigenvalue weighted by Gasteiger charge is 2.19. The molecule has 1 aliphatic heterocycles. The van der Waals surface area contributed by atoms with E-state index in [4.69, 9.17) is 4.74 Å². The zero-order chi connectivity index (χ0) is 12.5. The second-order valence-electron chi connectivity index (χ2n) is 4.33. The van der Waals surface area contributed by atoms with E-state index in [1.807, 2.05) is 0 Å². The molecule has 1 unspecified atom stereocenters. The third kappa shape index (κ3) is 5.79. The van der Waals surface area contributed by atoms with Crippen LogP contribution in [0.15, 0.2) is 0 Å². The van der Waals surface area contributed by atoms with E-state index in [9.17, 15) is 9.59 Å². The first-order valence-corrected chi connectivity index (χ1v) is 6.25. The van der Waals surface area contributed by atoms with Crippen LogP contribution in [0.1, 0.15) is 26.2 Å². The number of carbonyl (C=O) groups excluding carboxylic acids is 2. The molecule has 1 aliphatic rings. The molecule has 0 aromatic heterocycles. The van der Waals surface area contributed by atoms with Gasteiger partial charge in [-0.3, -0.25) is 9.69 Å². The molecule has 1 fully saturated rings. The van der Waals surface area contributed by atoms with Crippen LogP contribution in [0.2, 0.25) is 0 Å². The molecule has 1 heterocycles. The molecular formula is C12H22N2O3. The van der Waals surface area contributed by atoms with Crippen molar-refractivity contribution >= 4 is 12.2 Å². The Balaban J connectivity index is 2.13. The van der Waals surface area contributed by atoms with Crippen molar-refractivity contribution in [3.63, 3.8) is 0 Å². The van der Waals surface area contributed by atoms with Gasteiger partial charge < -0.3 is 14.8 Å². The van der Waals surface area contributed by atoms with Crippen molar-refractivity contribution in [3.05, 3.63) is 0 Å². The molecule has 1 atom stereocenters. The van der Waals surface area contributed by atoms with Gasteiger partial charge in [-0.15, -0.1) is 0 Å². The molecule has 0 aliphatic carbocycles. The Hall–Kier alpha value is -0.940. The molecular weight excluding hydrogens is 220 g/mol. The quantitative estimate of drug-likeness (QED) is 0.511. The second kappa shape index (κ2) is 8.20. The summed E-state index contributed by atoms with van der Waals surface area (Å²) in [5, 5.41) is 2.76. The van der Waals surface area contributed by atoms with Gasteiger partial charge in [-0.05, 0) is 19.3 Å². The van der Waals surface area contributed by atoms with E-state index in [0.29, 0.717) is 6.54 Å². The largest absolute Gasteiger partial charge is 0.379 e. The molecule has 0 aromatic carbocycles. The Kier molecular flexibility index (Phi) is 6.81. The average Bonchev–Trinajstić information content (AvgIpc) is 2.34. The Morgan fingerprint density at radius 1 is 1.41 bits per heavy atom. The first-order valence-electron chi connectivity index (χ1n) is 6.25. The Labute approximate surface area is 102 Å². The first kappa shape index (κ1) is 14.1. The van der Waals surface area contributed by atoms with Gasteiger partial charge in [-0.2, -0.15) is 0 Å². The number of morpholine rings is 1. The topological polar surface area (TPSA) is 58.6 Å². The van der Waals surface area contributed by atoms with Gasteiger partial charge in [0.1, 0.15) is 6.29 Å². The summed E-state index contributed by atoms with van der Waals surface area (Å²) in [6.07, 6.45) is 3.78. The van der Waals surface area contributed by atoms with Crippen LogP contribution >= 0.6 is 0 Å². The van der Waals surface area contributed by atoms with Gasteiger partial charge in [0.2, 0.25) is 5.91 Å². The van der Waals surface area contributed by atoms with Crippen LogP contribution in [0.5, 0.6) is 0 Å². The van der Waals surface area contributed by atoms with E-state index in [1.165, 1.54) is 6.92 Å². The first-order chi connectivity index (χ1) is 8.24. The van der Waals surface area contributed by atoms with Crippen LogP contribution in [-0.4, -0.2) is 56.0 Å². The van der Waals surface area contributed by atoms with Gasteiger partial charge in [0.15, 0.2) is 0 Å². The third-order valence-electron chi connectivity index (χ3n) is 2.97. The maximum Gasteiger partial charge on any atom is 0.216 e. The smallest absolute Gasteiger partial charge is 0.216 e. The molecule has 1 saturated heterocycles. The normalized spacial score (nSPS) is 18.6. The van der Waals surface area contributed by atoms with Crippen LogP contribution in [-0.2, 0) is 14.3 Å². The molecule has 0 bridgehead atoms. The van der Waals surface area contributed by atoms with Crippen LogP contribution < -0.4 is 5.32 Å². The Morgan fingerprint density at radius 3 is 2.71 bits per heavy atom. The summed E-state index contributed by atoms with van der Waals surface area (Å²) in [6, 6.07) is 0.0104. The third-order valence-corrected chi connectivity index (χ3v) is 2.97. The summed E-state index contributed by atoms with van der Waals surface area (Å²) < 4.78 is 5.26. The van der Waals surface area contributed by atoms with E-state index in [1.54, 1.807) is 0 Å². The number of nitrogens with one attached hydrogen (secondary N) is 1. The van der Waals surface area contributed by atoms with Crippen molar-refractivity contribution in [1.29, 1.82) is 0 Å². The highest BCUT2D eigenvalue weighted by molar-refractivity contribution is 5.72. The minimum absolute atomic E-state index is 0.00474. The van der Waals surface area contributed by atoms with E-state index < -0.39 is 0 Å². The molecule has 1 rings (SSSR count). The summed E-state index contributed by atoms with van der Waals surface area (Å²) in [5.41, 5.74) is 0. The Morgan fingerprint density at radius 2 is 2.12 bits per heavy atom. The molecule has 0 radical (unpaired) electrons. The fourth-order valence-electron chi connectivity index (χ4n) is 1.99. The number of nitrogens with zero attached hydrogens (tertiary/aromatic N) is 1. The highest BCUT2D eigenvalue weighted by atomic mass is 16.5. The van der Waals surface area contributed by atoms with Crippen molar-refractivity contribution in [2.24, 2.45) is 0 Å². The molecule has 17 heavy (non-hydrogen) atoms.